The Labute approximate surface area is 242 Å². The van der Waals surface area contributed by atoms with E-state index in [1.807, 2.05) is 44.2 Å². The van der Waals surface area contributed by atoms with Gasteiger partial charge in [0.25, 0.3) is 5.91 Å². The van der Waals surface area contributed by atoms with Crippen molar-refractivity contribution in [2.75, 3.05) is 7.05 Å². The molecule has 41 heavy (non-hydrogen) atoms. The second-order valence-electron chi connectivity index (χ2n) is 11.6. The second kappa shape index (κ2) is 14.8. The topological polar surface area (TPSA) is 126 Å². The number of hydrogen-bond donors (Lipinski definition) is 2. The molecule has 222 valence electrons. The van der Waals surface area contributed by atoms with Crippen LogP contribution in [-0.2, 0) is 25.5 Å². The van der Waals surface area contributed by atoms with Crippen LogP contribution in [0.2, 0.25) is 0 Å². The Kier molecular flexibility index (Phi) is 11.4. The minimum Gasteiger partial charge on any atom is -0.481 e. The molecule has 2 amide bonds. The zero-order valence-electron chi connectivity index (χ0n) is 24.7. The molecule has 2 N–H and O–H groups in total. The summed E-state index contributed by atoms with van der Waals surface area (Å²) in [6.45, 7) is 7.00. The fourth-order valence-electron chi connectivity index (χ4n) is 5.06. The van der Waals surface area contributed by atoms with Crippen molar-refractivity contribution in [1.82, 2.24) is 15.2 Å². The van der Waals surface area contributed by atoms with Crippen molar-refractivity contribution in [3.8, 4) is 0 Å². The first-order valence-electron chi connectivity index (χ1n) is 14.4. The number of benzene rings is 1. The molecule has 0 saturated heterocycles. The average Bonchev–Trinajstić information content (AvgIpc) is 3.74. The third-order valence-electron chi connectivity index (χ3n) is 7.64. The van der Waals surface area contributed by atoms with Crippen LogP contribution in [0.4, 0.5) is 0 Å². The highest BCUT2D eigenvalue weighted by Gasteiger charge is 2.32. The van der Waals surface area contributed by atoms with Gasteiger partial charge in [-0.25, -0.2) is 4.98 Å². The van der Waals surface area contributed by atoms with Gasteiger partial charge in [-0.15, -0.1) is 0 Å². The number of ether oxygens (including phenoxy) is 1. The van der Waals surface area contributed by atoms with Gasteiger partial charge in [0, 0.05) is 38.9 Å². The zero-order chi connectivity index (χ0) is 30.1. The molecule has 0 bridgehead atoms. The highest BCUT2D eigenvalue weighted by Crippen LogP contribution is 2.34. The first-order chi connectivity index (χ1) is 19.4. The molecule has 0 radical (unpaired) electrons. The van der Waals surface area contributed by atoms with Gasteiger partial charge in [0.15, 0.2) is 0 Å². The van der Waals surface area contributed by atoms with Crippen LogP contribution in [0.15, 0.2) is 48.5 Å². The summed E-state index contributed by atoms with van der Waals surface area (Å²) in [5.41, 5.74) is 1.53. The van der Waals surface area contributed by atoms with Crippen molar-refractivity contribution in [3.05, 3.63) is 65.5 Å². The van der Waals surface area contributed by atoms with Crippen LogP contribution in [0.3, 0.4) is 0 Å². The first kappa shape index (κ1) is 31.8. The van der Waals surface area contributed by atoms with Crippen LogP contribution in [0, 0.1) is 17.8 Å². The number of carbonyl (C=O) groups is 4. The lowest BCUT2D eigenvalue weighted by molar-refractivity contribution is -0.148. The quantitative estimate of drug-likeness (QED) is 0.297. The molecule has 2 aromatic rings. The van der Waals surface area contributed by atoms with E-state index in [2.05, 4.69) is 10.3 Å². The van der Waals surface area contributed by atoms with Crippen molar-refractivity contribution in [3.63, 3.8) is 0 Å². The normalized spacial score (nSPS) is 15.9. The van der Waals surface area contributed by atoms with Crippen LogP contribution < -0.4 is 5.32 Å². The van der Waals surface area contributed by atoms with E-state index in [1.165, 1.54) is 6.92 Å². The predicted molar refractivity (Wildman–Crippen MR) is 155 cm³/mol. The minimum absolute atomic E-state index is 0.0777. The Bertz CT molecular complexity index is 1200. The molecule has 4 unspecified atom stereocenters. The fraction of sp³-hybridized carbons (Fsp3) is 0.531. The summed E-state index contributed by atoms with van der Waals surface area (Å²) in [4.78, 5) is 56.2. The largest absolute Gasteiger partial charge is 0.481 e. The van der Waals surface area contributed by atoms with Gasteiger partial charge in [0.05, 0.1) is 11.6 Å². The molecule has 0 aliphatic heterocycles. The predicted octanol–water partition coefficient (Wildman–Crippen LogP) is 4.81. The van der Waals surface area contributed by atoms with E-state index in [4.69, 9.17) is 4.74 Å². The number of amides is 2. The molecule has 1 aliphatic rings. The third kappa shape index (κ3) is 9.99. The molecule has 1 saturated carbocycles. The van der Waals surface area contributed by atoms with E-state index in [9.17, 15) is 24.3 Å². The van der Waals surface area contributed by atoms with E-state index in [0.29, 0.717) is 30.9 Å². The number of aliphatic carboxylic acids is 1. The first-order valence-corrected chi connectivity index (χ1v) is 14.4. The van der Waals surface area contributed by atoms with Crippen LogP contribution >= 0.6 is 0 Å². The van der Waals surface area contributed by atoms with E-state index in [1.54, 1.807) is 37.1 Å². The maximum absolute atomic E-state index is 13.3. The lowest BCUT2D eigenvalue weighted by atomic mass is 9.94. The SMILES string of the molecule is CC(=O)OC(CC(C(C)C)N(C)C(=O)CC1CC1)c1cccc(C(=O)NC(Cc2ccccc2)CC(C)C(=O)O)n1. The lowest BCUT2D eigenvalue weighted by Crippen LogP contribution is -2.42. The van der Waals surface area contributed by atoms with Gasteiger partial charge >= 0.3 is 11.9 Å². The van der Waals surface area contributed by atoms with Gasteiger partial charge in [-0.2, -0.15) is 0 Å². The number of nitrogens with zero attached hydrogens (tertiary/aromatic N) is 2. The maximum atomic E-state index is 13.3. The molecule has 1 aromatic carbocycles. The zero-order valence-corrected chi connectivity index (χ0v) is 24.7. The number of carboxylic acid groups (broad SMARTS) is 1. The van der Waals surface area contributed by atoms with Gasteiger partial charge in [0.2, 0.25) is 5.91 Å². The molecule has 1 heterocycles. The summed E-state index contributed by atoms with van der Waals surface area (Å²) >= 11 is 0. The van der Waals surface area contributed by atoms with Crippen LogP contribution in [0.1, 0.15) is 87.6 Å². The van der Waals surface area contributed by atoms with Crippen molar-refractivity contribution < 1.29 is 29.0 Å². The van der Waals surface area contributed by atoms with Gasteiger partial charge in [-0.3, -0.25) is 19.2 Å². The van der Waals surface area contributed by atoms with Crippen molar-refractivity contribution >= 4 is 23.8 Å². The van der Waals surface area contributed by atoms with Crippen LogP contribution in [0.5, 0.6) is 0 Å². The number of pyridine rings is 1. The van der Waals surface area contributed by atoms with Crippen LogP contribution in [-0.4, -0.2) is 57.9 Å². The monoisotopic (exact) mass is 565 g/mol. The second-order valence-corrected chi connectivity index (χ2v) is 11.6. The lowest BCUT2D eigenvalue weighted by Gasteiger charge is -2.34. The standard InChI is InChI=1S/C32H43N3O6/c1-20(2)28(35(5)30(37)18-24-14-15-24)19-29(41-22(4)36)26-12-9-13-27(34-26)31(38)33-25(16-21(3)32(39)40)17-23-10-7-6-8-11-23/h6-13,20-21,24-25,28-29H,14-19H2,1-5H3,(H,33,38)(H,39,40). The molecular formula is C32H43N3O6. The van der Waals surface area contributed by atoms with Gasteiger partial charge in [-0.1, -0.05) is 57.2 Å². The summed E-state index contributed by atoms with van der Waals surface area (Å²) in [6, 6.07) is 13.9. The number of hydrogen-bond acceptors (Lipinski definition) is 6. The highest BCUT2D eigenvalue weighted by atomic mass is 16.5. The summed E-state index contributed by atoms with van der Waals surface area (Å²) in [6.07, 6.45) is 3.01. The molecule has 9 nitrogen and oxygen atoms in total. The molecule has 1 aromatic heterocycles. The Balaban J connectivity index is 1.80. The Morgan fingerprint density at radius 1 is 1.02 bits per heavy atom. The Hall–Kier alpha value is -3.75. The molecule has 3 rings (SSSR count). The third-order valence-corrected chi connectivity index (χ3v) is 7.64. The van der Waals surface area contributed by atoms with Crippen molar-refractivity contribution in [1.29, 1.82) is 0 Å². The number of carbonyl (C=O) groups excluding carboxylic acids is 3. The Morgan fingerprint density at radius 2 is 1.71 bits per heavy atom. The van der Waals surface area contributed by atoms with E-state index in [0.717, 1.165) is 18.4 Å². The van der Waals surface area contributed by atoms with Gasteiger partial charge < -0.3 is 20.1 Å². The molecule has 0 spiro atoms. The average molecular weight is 566 g/mol. The number of carboxylic acids is 1. The highest BCUT2D eigenvalue weighted by molar-refractivity contribution is 5.92. The number of esters is 1. The van der Waals surface area contributed by atoms with Gasteiger partial charge in [0.1, 0.15) is 11.8 Å². The smallest absolute Gasteiger partial charge is 0.306 e. The van der Waals surface area contributed by atoms with E-state index >= 15 is 0 Å². The fourth-order valence-corrected chi connectivity index (χ4v) is 5.06. The molecule has 1 fully saturated rings. The number of aromatic nitrogens is 1. The number of nitrogens with one attached hydrogen (secondary N) is 1. The molecule has 1 aliphatic carbocycles. The molecule has 9 heteroatoms. The maximum Gasteiger partial charge on any atom is 0.306 e. The minimum atomic E-state index is -0.929. The van der Waals surface area contributed by atoms with E-state index in [-0.39, 0.29) is 30.0 Å². The van der Waals surface area contributed by atoms with Crippen LogP contribution in [0.25, 0.3) is 0 Å². The van der Waals surface area contributed by atoms with Gasteiger partial charge in [-0.05, 0) is 55.2 Å². The summed E-state index contributed by atoms with van der Waals surface area (Å²) in [7, 11) is 1.79. The molecular weight excluding hydrogens is 522 g/mol. The number of rotatable bonds is 15. The summed E-state index contributed by atoms with van der Waals surface area (Å²) in [5.74, 6) is -1.86. The van der Waals surface area contributed by atoms with E-state index < -0.39 is 35.9 Å². The Morgan fingerprint density at radius 3 is 2.29 bits per heavy atom. The summed E-state index contributed by atoms with van der Waals surface area (Å²) in [5, 5.41) is 12.4. The van der Waals surface area contributed by atoms with Crippen molar-refractivity contribution in [2.45, 2.75) is 84.4 Å². The molecule has 4 atom stereocenters. The summed E-state index contributed by atoms with van der Waals surface area (Å²) < 4.78 is 5.68. The van der Waals surface area contributed by atoms with Crippen molar-refractivity contribution in [2.24, 2.45) is 17.8 Å².